The lowest BCUT2D eigenvalue weighted by molar-refractivity contribution is 0.311. The number of methoxy groups -OCH3 is 1. The number of nitrogens with zero attached hydrogens (tertiary/aromatic N) is 2. The molecule has 0 aliphatic rings. The lowest BCUT2D eigenvalue weighted by atomic mass is 9.99. The van der Waals surface area contributed by atoms with Crippen molar-refractivity contribution in [3.05, 3.63) is 40.2 Å². The number of aliphatic imine (C=N–C) groups is 1. The fraction of sp³-hybridized carbons (Fsp3) is 0.524. The molecule has 0 bridgehead atoms. The predicted octanol–water partition coefficient (Wildman–Crippen LogP) is 5.12. The monoisotopic (exact) mass is 550 g/mol. The van der Waals surface area contributed by atoms with Crippen LogP contribution in [0.3, 0.4) is 0 Å². The highest BCUT2D eigenvalue weighted by Gasteiger charge is 2.14. The second-order valence-electron chi connectivity index (χ2n) is 6.55. The van der Waals surface area contributed by atoms with Crippen LogP contribution in [0.4, 0.5) is 0 Å². The van der Waals surface area contributed by atoms with Crippen LogP contribution < -0.4 is 20.1 Å². The van der Waals surface area contributed by atoms with Crippen molar-refractivity contribution in [3.8, 4) is 11.5 Å². The lowest BCUT2D eigenvalue weighted by Gasteiger charge is -2.15. The fourth-order valence-corrected chi connectivity index (χ4v) is 3.34. The Bertz CT molecular complexity index is 810. The largest absolute Gasteiger partial charge is 0.493 e. The molecule has 0 saturated heterocycles. The number of halogens is 2. The van der Waals surface area contributed by atoms with Gasteiger partial charge in [0, 0.05) is 25.6 Å². The average Bonchev–Trinajstić information content (AvgIpc) is 3.19. The van der Waals surface area contributed by atoms with E-state index >= 15 is 0 Å². The molecule has 0 saturated carbocycles. The molecule has 0 atom stereocenters. The van der Waals surface area contributed by atoms with Gasteiger partial charge in [-0.25, -0.2) is 0 Å². The Morgan fingerprint density at radius 3 is 2.47 bits per heavy atom. The summed E-state index contributed by atoms with van der Waals surface area (Å²) in [7, 11) is 3.32. The van der Waals surface area contributed by atoms with Crippen LogP contribution in [0.1, 0.15) is 56.5 Å². The van der Waals surface area contributed by atoms with Gasteiger partial charge < -0.3 is 24.6 Å². The van der Waals surface area contributed by atoms with E-state index in [1.54, 1.807) is 14.2 Å². The Morgan fingerprint density at radius 2 is 1.87 bits per heavy atom. The Labute approximate surface area is 201 Å². The molecule has 0 radical (unpaired) electrons. The molecule has 0 aliphatic carbocycles. The van der Waals surface area contributed by atoms with E-state index < -0.39 is 0 Å². The number of guanidine groups is 1. The van der Waals surface area contributed by atoms with Gasteiger partial charge in [0.1, 0.15) is 0 Å². The van der Waals surface area contributed by atoms with E-state index in [1.807, 2.05) is 25.1 Å². The van der Waals surface area contributed by atoms with Crippen LogP contribution in [0.25, 0.3) is 0 Å². The molecule has 0 fully saturated rings. The number of hydrogen-bond acceptors (Lipinski definition) is 5. The van der Waals surface area contributed by atoms with E-state index in [2.05, 4.69) is 34.6 Å². The minimum atomic E-state index is 0. The maximum atomic E-state index is 6.34. The molecule has 9 heteroatoms. The third-order valence-corrected chi connectivity index (χ3v) is 4.95. The van der Waals surface area contributed by atoms with Crippen LogP contribution in [-0.4, -0.2) is 31.9 Å². The van der Waals surface area contributed by atoms with Gasteiger partial charge in [0.25, 0.3) is 0 Å². The summed E-state index contributed by atoms with van der Waals surface area (Å²) >= 11 is 6.34. The third kappa shape index (κ3) is 7.23. The Morgan fingerprint density at radius 1 is 1.17 bits per heavy atom. The number of aromatic nitrogens is 1. The zero-order valence-electron chi connectivity index (χ0n) is 18.3. The van der Waals surface area contributed by atoms with Gasteiger partial charge in [-0.15, -0.1) is 24.0 Å². The van der Waals surface area contributed by atoms with Crippen LogP contribution in [0.5, 0.6) is 11.5 Å². The molecule has 1 heterocycles. The number of benzene rings is 1. The third-order valence-electron chi connectivity index (χ3n) is 4.67. The SMILES string of the molecule is CCOc1c(Cl)cc(CNC(=NC)NCc2cc(C(CC)CC)no2)cc1OC.I. The second-order valence-corrected chi connectivity index (χ2v) is 6.96. The quantitative estimate of drug-likeness (QED) is 0.243. The van der Waals surface area contributed by atoms with Crippen LogP contribution in [-0.2, 0) is 13.1 Å². The van der Waals surface area contributed by atoms with Crippen LogP contribution in [0.2, 0.25) is 5.02 Å². The summed E-state index contributed by atoms with van der Waals surface area (Å²) in [6, 6.07) is 5.76. The van der Waals surface area contributed by atoms with Gasteiger partial charge in [0.15, 0.2) is 23.2 Å². The zero-order chi connectivity index (χ0) is 21.2. The molecule has 1 aromatic carbocycles. The molecule has 2 rings (SSSR count). The maximum absolute atomic E-state index is 6.34. The molecule has 1 aromatic heterocycles. The molecule has 0 aliphatic heterocycles. The fourth-order valence-electron chi connectivity index (χ4n) is 3.05. The van der Waals surface area contributed by atoms with E-state index in [0.29, 0.717) is 48.1 Å². The first kappa shape index (κ1) is 26.4. The van der Waals surface area contributed by atoms with Gasteiger partial charge >= 0.3 is 0 Å². The van der Waals surface area contributed by atoms with Crippen molar-refractivity contribution < 1.29 is 14.0 Å². The van der Waals surface area contributed by atoms with Crippen molar-refractivity contribution in [3.63, 3.8) is 0 Å². The normalized spacial score (nSPS) is 11.2. The van der Waals surface area contributed by atoms with Gasteiger partial charge in [-0.3, -0.25) is 4.99 Å². The smallest absolute Gasteiger partial charge is 0.191 e. The summed E-state index contributed by atoms with van der Waals surface area (Å²) in [4.78, 5) is 4.25. The zero-order valence-corrected chi connectivity index (χ0v) is 21.3. The number of ether oxygens (including phenoxy) is 2. The van der Waals surface area contributed by atoms with E-state index in [0.717, 1.165) is 29.9 Å². The van der Waals surface area contributed by atoms with Gasteiger partial charge in [0.05, 0.1) is 31.0 Å². The highest BCUT2D eigenvalue weighted by molar-refractivity contribution is 14.0. The number of rotatable bonds is 10. The van der Waals surface area contributed by atoms with Gasteiger partial charge in [-0.05, 0) is 37.5 Å². The molecule has 168 valence electrons. The first-order valence-corrected chi connectivity index (χ1v) is 10.3. The second kappa shape index (κ2) is 13.6. The molecule has 7 nitrogen and oxygen atoms in total. The summed E-state index contributed by atoms with van der Waals surface area (Å²) in [6.45, 7) is 7.77. The Kier molecular flexibility index (Phi) is 11.9. The van der Waals surface area contributed by atoms with Gasteiger partial charge in [-0.2, -0.15) is 0 Å². The molecule has 30 heavy (non-hydrogen) atoms. The summed E-state index contributed by atoms with van der Waals surface area (Å²) in [5.41, 5.74) is 1.96. The molecule has 0 unspecified atom stereocenters. The first-order chi connectivity index (χ1) is 14.1. The van der Waals surface area contributed by atoms with Crippen molar-refractivity contribution >= 4 is 41.5 Å². The van der Waals surface area contributed by atoms with Crippen LogP contribution >= 0.6 is 35.6 Å². The van der Waals surface area contributed by atoms with E-state index in [9.17, 15) is 0 Å². The Balaban J connectivity index is 0.00000450. The predicted molar refractivity (Wildman–Crippen MR) is 131 cm³/mol. The molecule has 0 spiro atoms. The topological polar surface area (TPSA) is 80.9 Å². The molecular formula is C21H32ClIN4O3. The summed E-state index contributed by atoms with van der Waals surface area (Å²) in [6.07, 6.45) is 2.10. The van der Waals surface area contributed by atoms with Crippen molar-refractivity contribution in [2.45, 2.75) is 52.6 Å². The van der Waals surface area contributed by atoms with Crippen LogP contribution in [0.15, 0.2) is 27.7 Å². The standard InChI is InChI=1S/C21H31ClN4O3.HI/c1-6-15(7-2)18-11-16(29-26-18)13-25-21(23-4)24-12-14-9-17(22)20(28-8-3)19(10-14)27-5;/h9-11,15H,6-8,12-13H2,1-5H3,(H2,23,24,25);1H. The lowest BCUT2D eigenvalue weighted by Crippen LogP contribution is -2.36. The van der Waals surface area contributed by atoms with Crippen molar-refractivity contribution in [1.29, 1.82) is 0 Å². The van der Waals surface area contributed by atoms with Gasteiger partial charge in [-0.1, -0.05) is 30.6 Å². The molecule has 0 amide bonds. The Hall–Kier alpha value is -1.68. The van der Waals surface area contributed by atoms with Crippen molar-refractivity contribution in [1.82, 2.24) is 15.8 Å². The highest BCUT2D eigenvalue weighted by atomic mass is 127. The summed E-state index contributed by atoms with van der Waals surface area (Å²) in [5, 5.41) is 11.2. The molecule has 2 aromatic rings. The summed E-state index contributed by atoms with van der Waals surface area (Å²) in [5.74, 6) is 3.02. The van der Waals surface area contributed by atoms with E-state index in [-0.39, 0.29) is 24.0 Å². The maximum Gasteiger partial charge on any atom is 0.191 e. The first-order valence-electron chi connectivity index (χ1n) is 9.95. The minimum Gasteiger partial charge on any atom is -0.493 e. The van der Waals surface area contributed by atoms with Crippen molar-refractivity contribution in [2.75, 3.05) is 20.8 Å². The number of nitrogens with one attached hydrogen (secondary N) is 2. The van der Waals surface area contributed by atoms with Crippen molar-refractivity contribution in [2.24, 2.45) is 4.99 Å². The number of hydrogen-bond donors (Lipinski definition) is 2. The molecular weight excluding hydrogens is 519 g/mol. The van der Waals surface area contributed by atoms with Crippen LogP contribution in [0, 0.1) is 0 Å². The van der Waals surface area contributed by atoms with Gasteiger partial charge in [0.2, 0.25) is 0 Å². The van der Waals surface area contributed by atoms with E-state index in [4.69, 9.17) is 25.6 Å². The molecule has 2 N–H and O–H groups in total. The van der Waals surface area contributed by atoms with E-state index in [1.165, 1.54) is 0 Å². The summed E-state index contributed by atoms with van der Waals surface area (Å²) < 4.78 is 16.4. The average molecular weight is 551 g/mol. The minimum absolute atomic E-state index is 0. The highest BCUT2D eigenvalue weighted by Crippen LogP contribution is 2.36.